The van der Waals surface area contributed by atoms with Gasteiger partial charge in [0.1, 0.15) is 0 Å². The third-order valence-corrected chi connectivity index (χ3v) is 4.13. The van der Waals surface area contributed by atoms with E-state index < -0.39 is 17.7 Å². The van der Waals surface area contributed by atoms with Gasteiger partial charge in [0.2, 0.25) is 5.91 Å². The van der Waals surface area contributed by atoms with E-state index in [1.54, 1.807) is 48.5 Å². The van der Waals surface area contributed by atoms with Crippen molar-refractivity contribution in [2.45, 2.75) is 6.92 Å². The minimum Gasteiger partial charge on any atom is -0.301 e. The summed E-state index contributed by atoms with van der Waals surface area (Å²) in [5.74, 6) is -2.20. The summed E-state index contributed by atoms with van der Waals surface area (Å²) < 4.78 is 0. The summed E-state index contributed by atoms with van der Waals surface area (Å²) in [6.07, 6.45) is 1.27. The highest BCUT2D eigenvalue weighted by Crippen LogP contribution is 2.21. The first-order valence-corrected chi connectivity index (χ1v) is 8.27. The fourth-order valence-electron chi connectivity index (χ4n) is 2.51. The molecule has 130 valence electrons. The number of ketones is 1. The number of carbonyl (C=O) groups is 3. The van der Waals surface area contributed by atoms with Crippen LogP contribution in [-0.2, 0) is 9.59 Å². The molecule has 0 spiro atoms. The van der Waals surface area contributed by atoms with Gasteiger partial charge in [-0.05, 0) is 43.4 Å². The highest BCUT2D eigenvalue weighted by atomic mass is 32.1. The lowest BCUT2D eigenvalue weighted by atomic mass is 10.1. The van der Waals surface area contributed by atoms with Gasteiger partial charge in [-0.2, -0.15) is 0 Å². The van der Waals surface area contributed by atoms with Crippen molar-refractivity contribution >= 4 is 52.5 Å². The largest absolute Gasteiger partial charge is 0.301 e. The molecule has 2 amide bonds. The smallest absolute Gasteiger partial charge is 0.251 e. The predicted octanol–water partition coefficient (Wildman–Crippen LogP) is 2.66. The maximum Gasteiger partial charge on any atom is 0.251 e. The quantitative estimate of drug-likeness (QED) is 0.391. The lowest BCUT2D eigenvalue weighted by Gasteiger charge is -2.30. The Balaban J connectivity index is 1.88. The molecule has 0 unspecified atom stereocenters. The number of nitrogens with one attached hydrogen (secondary N) is 1. The van der Waals surface area contributed by atoms with Crippen LogP contribution in [0.25, 0.3) is 0 Å². The van der Waals surface area contributed by atoms with Gasteiger partial charge >= 0.3 is 0 Å². The molecule has 1 N–H and O–H groups in total. The van der Waals surface area contributed by atoms with Crippen molar-refractivity contribution < 1.29 is 14.4 Å². The van der Waals surface area contributed by atoms with Crippen LogP contribution in [0.1, 0.15) is 17.3 Å². The molecule has 7 heteroatoms. The minimum absolute atomic E-state index is 0.0365. The van der Waals surface area contributed by atoms with Gasteiger partial charge in [-0.25, -0.2) is 0 Å². The van der Waals surface area contributed by atoms with Crippen LogP contribution in [0.4, 0.5) is 11.4 Å². The Bertz CT molecular complexity index is 925. The lowest BCUT2D eigenvalue weighted by Crippen LogP contribution is -2.58. The number of hydrogen-bond donors (Lipinski definition) is 1. The molecular weight excluding hydrogens is 350 g/mol. The number of benzene rings is 2. The minimum atomic E-state index is -1.11. The Morgan fingerprint density at radius 2 is 1.88 bits per heavy atom. The molecule has 0 aliphatic carbocycles. The van der Waals surface area contributed by atoms with Gasteiger partial charge in [-0.1, -0.05) is 30.3 Å². The van der Waals surface area contributed by atoms with E-state index in [1.807, 2.05) is 6.07 Å². The number of carbonyl (C=O) groups excluding carboxylic acids is 3. The molecule has 1 saturated heterocycles. The van der Waals surface area contributed by atoms with Crippen molar-refractivity contribution in [2.24, 2.45) is 10.9 Å². The third kappa shape index (κ3) is 3.57. The van der Waals surface area contributed by atoms with Gasteiger partial charge < -0.3 is 5.32 Å². The molecule has 0 bridgehead atoms. The first-order chi connectivity index (χ1) is 12.5. The predicted molar refractivity (Wildman–Crippen MR) is 103 cm³/mol. The summed E-state index contributed by atoms with van der Waals surface area (Å²) in [5.41, 5.74) is 1.56. The summed E-state index contributed by atoms with van der Waals surface area (Å²) in [5, 5.41) is 2.56. The standard InChI is InChI=1S/C19H15N3O3S/c1-12(23)13-6-5-7-14(10-13)20-11-16-17(24)21-19(26)22(18(16)25)15-8-3-2-4-9-15/h2-11,16H,1H3,(H,21,24,26)/t16-/m1/s1. The van der Waals surface area contributed by atoms with Crippen LogP contribution in [0.15, 0.2) is 59.6 Å². The van der Waals surface area contributed by atoms with Crippen LogP contribution in [0.3, 0.4) is 0 Å². The Kier molecular flexibility index (Phi) is 4.99. The van der Waals surface area contributed by atoms with E-state index in [2.05, 4.69) is 10.3 Å². The number of nitrogens with zero attached hydrogens (tertiary/aromatic N) is 2. The van der Waals surface area contributed by atoms with Gasteiger partial charge in [0.05, 0.1) is 11.4 Å². The van der Waals surface area contributed by atoms with Gasteiger partial charge in [-0.15, -0.1) is 0 Å². The fourth-order valence-corrected chi connectivity index (χ4v) is 2.81. The Morgan fingerprint density at radius 1 is 1.15 bits per heavy atom. The molecule has 1 aliphatic rings. The number of Topliss-reactive ketones (excluding diaryl/α,β-unsaturated/α-hetero) is 1. The van der Waals surface area contributed by atoms with Gasteiger partial charge in [-0.3, -0.25) is 24.3 Å². The average molecular weight is 365 g/mol. The van der Waals surface area contributed by atoms with Gasteiger partial charge in [0.15, 0.2) is 16.8 Å². The van der Waals surface area contributed by atoms with Gasteiger partial charge in [0, 0.05) is 11.8 Å². The van der Waals surface area contributed by atoms with Crippen LogP contribution in [0.2, 0.25) is 0 Å². The normalized spacial score (nSPS) is 17.5. The van der Waals surface area contributed by atoms with Crippen molar-refractivity contribution in [2.75, 3.05) is 4.90 Å². The molecule has 6 nitrogen and oxygen atoms in total. The van der Waals surface area contributed by atoms with Crippen molar-refractivity contribution in [3.8, 4) is 0 Å². The molecular formula is C19H15N3O3S. The molecule has 2 aromatic rings. The third-order valence-electron chi connectivity index (χ3n) is 3.84. The summed E-state index contributed by atoms with van der Waals surface area (Å²) in [7, 11) is 0. The summed E-state index contributed by atoms with van der Waals surface area (Å²) in [6.45, 7) is 1.46. The number of amides is 2. The SMILES string of the molecule is CC(=O)c1cccc(N=C[C@@H]2C(=O)NC(=S)N(c3ccccc3)C2=O)c1. The Hall–Kier alpha value is -3.19. The van der Waals surface area contributed by atoms with E-state index >= 15 is 0 Å². The van der Waals surface area contributed by atoms with Crippen LogP contribution < -0.4 is 10.2 Å². The highest BCUT2D eigenvalue weighted by Gasteiger charge is 2.38. The molecule has 2 aromatic carbocycles. The van der Waals surface area contributed by atoms with Crippen molar-refractivity contribution in [1.82, 2.24) is 5.32 Å². The summed E-state index contributed by atoms with van der Waals surface area (Å²) in [4.78, 5) is 41.9. The van der Waals surface area contributed by atoms with E-state index in [9.17, 15) is 14.4 Å². The van der Waals surface area contributed by atoms with Crippen LogP contribution in [-0.4, -0.2) is 28.9 Å². The number of para-hydroxylation sites is 1. The molecule has 26 heavy (non-hydrogen) atoms. The summed E-state index contributed by atoms with van der Waals surface area (Å²) in [6, 6.07) is 15.5. The highest BCUT2D eigenvalue weighted by molar-refractivity contribution is 7.80. The van der Waals surface area contributed by atoms with E-state index in [4.69, 9.17) is 12.2 Å². The summed E-state index contributed by atoms with van der Waals surface area (Å²) >= 11 is 5.13. The fraction of sp³-hybridized carbons (Fsp3) is 0.105. The Morgan fingerprint density at radius 3 is 2.58 bits per heavy atom. The molecule has 1 fully saturated rings. The molecule has 1 heterocycles. The van der Waals surface area contributed by atoms with Crippen LogP contribution in [0, 0.1) is 5.92 Å². The second kappa shape index (κ2) is 7.37. The molecule has 1 aliphatic heterocycles. The molecule has 0 aromatic heterocycles. The molecule has 0 saturated carbocycles. The van der Waals surface area contributed by atoms with Crippen molar-refractivity contribution in [3.05, 3.63) is 60.2 Å². The van der Waals surface area contributed by atoms with Crippen molar-refractivity contribution in [1.29, 1.82) is 0 Å². The molecule has 0 radical (unpaired) electrons. The average Bonchev–Trinajstić information content (AvgIpc) is 2.62. The number of aliphatic imine (C=N–C) groups is 1. The zero-order valence-corrected chi connectivity index (χ0v) is 14.7. The second-order valence-corrected chi connectivity index (χ2v) is 6.05. The topological polar surface area (TPSA) is 78.8 Å². The Labute approximate surface area is 155 Å². The van der Waals surface area contributed by atoms with Gasteiger partial charge in [0.25, 0.3) is 5.91 Å². The zero-order valence-electron chi connectivity index (χ0n) is 13.9. The second-order valence-electron chi connectivity index (χ2n) is 5.67. The van der Waals surface area contributed by atoms with E-state index in [0.29, 0.717) is 16.9 Å². The van der Waals surface area contributed by atoms with Crippen molar-refractivity contribution in [3.63, 3.8) is 0 Å². The molecule has 1 atom stereocenters. The number of hydrogen-bond acceptors (Lipinski definition) is 5. The maximum absolute atomic E-state index is 12.8. The zero-order chi connectivity index (χ0) is 18.7. The van der Waals surface area contributed by atoms with Crippen LogP contribution >= 0.6 is 12.2 Å². The number of anilines is 1. The maximum atomic E-state index is 12.8. The molecule has 3 rings (SSSR count). The van der Waals surface area contributed by atoms with E-state index in [1.165, 1.54) is 18.0 Å². The number of thiocarbonyl (C=S) groups is 1. The van der Waals surface area contributed by atoms with Crippen LogP contribution in [0.5, 0.6) is 0 Å². The van der Waals surface area contributed by atoms with E-state index in [-0.39, 0.29) is 10.9 Å². The monoisotopic (exact) mass is 365 g/mol. The van der Waals surface area contributed by atoms with E-state index in [0.717, 1.165) is 0 Å². The first-order valence-electron chi connectivity index (χ1n) is 7.86. The lowest BCUT2D eigenvalue weighted by molar-refractivity contribution is -0.130. The first kappa shape index (κ1) is 17.6. The number of rotatable bonds is 4.